The molecule has 2 aliphatic rings. The van der Waals surface area contributed by atoms with Crippen LogP contribution in [0.15, 0.2) is 25.3 Å². The van der Waals surface area contributed by atoms with Crippen LogP contribution in [0.25, 0.3) is 0 Å². The average Bonchev–Trinajstić information content (AvgIpc) is 2.81. The van der Waals surface area contributed by atoms with Gasteiger partial charge in [0.15, 0.2) is 18.5 Å². The Morgan fingerprint density at radius 1 is 0.758 bits per heavy atom. The molecule has 10 unspecified atom stereocenters. The van der Waals surface area contributed by atoms with Crippen LogP contribution in [0.4, 0.5) is 0 Å². The summed E-state index contributed by atoms with van der Waals surface area (Å²) in [6.07, 6.45) is -10.9. The van der Waals surface area contributed by atoms with Gasteiger partial charge in [-0.15, -0.1) is 0 Å². The highest BCUT2D eigenvalue weighted by atomic mass is 16.7. The van der Waals surface area contributed by atoms with E-state index in [1.54, 1.807) is 0 Å². The molecule has 6 N–H and O–H groups in total. The van der Waals surface area contributed by atoms with Crippen molar-refractivity contribution in [3.05, 3.63) is 25.3 Å². The molecule has 0 saturated carbocycles. The van der Waals surface area contributed by atoms with Crippen molar-refractivity contribution >= 4 is 11.9 Å². The fraction of sp³-hybridized carbons (Fsp3) is 0.700. The van der Waals surface area contributed by atoms with Crippen LogP contribution in [0, 0.1) is 5.92 Å². The summed E-state index contributed by atoms with van der Waals surface area (Å²) in [6, 6.07) is 0. The monoisotopic (exact) mass is 478 g/mol. The molecule has 0 aliphatic carbocycles. The number of rotatable bonds is 10. The van der Waals surface area contributed by atoms with Gasteiger partial charge in [-0.1, -0.05) is 13.2 Å². The number of ether oxygens (including phenoxy) is 5. The van der Waals surface area contributed by atoms with E-state index in [0.717, 1.165) is 12.2 Å². The summed E-state index contributed by atoms with van der Waals surface area (Å²) >= 11 is 0. The van der Waals surface area contributed by atoms with Crippen molar-refractivity contribution in [2.45, 2.75) is 55.1 Å². The molecular weight excluding hydrogens is 448 g/mol. The van der Waals surface area contributed by atoms with E-state index in [9.17, 15) is 40.2 Å². The quantitative estimate of drug-likeness (QED) is 0.133. The highest BCUT2D eigenvalue weighted by molar-refractivity contribution is 5.81. The summed E-state index contributed by atoms with van der Waals surface area (Å²) in [5.74, 6) is -2.77. The maximum absolute atomic E-state index is 11.6. The van der Waals surface area contributed by atoms with Crippen LogP contribution in [0.1, 0.15) is 0 Å². The molecule has 2 fully saturated rings. The van der Waals surface area contributed by atoms with E-state index in [1.165, 1.54) is 0 Å². The number of aliphatic hydroxyl groups excluding tert-OH is 6. The smallest absolute Gasteiger partial charge is 0.330 e. The van der Waals surface area contributed by atoms with E-state index in [-0.39, 0.29) is 13.2 Å². The number of hydrogen-bond donors (Lipinski definition) is 6. The summed E-state index contributed by atoms with van der Waals surface area (Å²) < 4.78 is 26.2. The van der Waals surface area contributed by atoms with Crippen LogP contribution in [-0.4, -0.2) is 124 Å². The van der Waals surface area contributed by atoms with E-state index in [2.05, 4.69) is 13.2 Å². The fourth-order valence-electron chi connectivity index (χ4n) is 3.63. The van der Waals surface area contributed by atoms with Crippen molar-refractivity contribution in [2.75, 3.05) is 26.4 Å². The molecule has 13 nitrogen and oxygen atoms in total. The first-order chi connectivity index (χ1) is 15.7. The summed E-state index contributed by atoms with van der Waals surface area (Å²) in [4.78, 5) is 23.1. The van der Waals surface area contributed by atoms with Gasteiger partial charge in [0.05, 0.1) is 32.5 Å². The van der Waals surface area contributed by atoms with E-state index >= 15 is 0 Å². The maximum Gasteiger partial charge on any atom is 0.330 e. The van der Waals surface area contributed by atoms with Gasteiger partial charge < -0.3 is 54.3 Å². The first-order valence-corrected chi connectivity index (χ1v) is 10.2. The van der Waals surface area contributed by atoms with Crippen LogP contribution in [0.3, 0.4) is 0 Å². The SMILES string of the molecule is C=CC(=O)OC1C(O)OC(CO)C(COCC2OC(CO)C(O)C(O)C2OC(=O)C=C)C1O. The summed E-state index contributed by atoms with van der Waals surface area (Å²) in [5, 5.41) is 59.9. The second-order valence-electron chi connectivity index (χ2n) is 7.53. The number of aliphatic hydroxyl groups is 6. The molecule has 0 spiro atoms. The number of hydrogen-bond acceptors (Lipinski definition) is 13. The first kappa shape index (κ1) is 27.3. The Morgan fingerprint density at radius 3 is 1.88 bits per heavy atom. The Labute approximate surface area is 189 Å². The molecule has 2 heterocycles. The molecule has 2 rings (SSSR count). The lowest BCUT2D eigenvalue weighted by molar-refractivity contribution is -0.285. The van der Waals surface area contributed by atoms with Gasteiger partial charge in [0, 0.05) is 18.1 Å². The van der Waals surface area contributed by atoms with Gasteiger partial charge in [-0.3, -0.25) is 0 Å². The van der Waals surface area contributed by atoms with Gasteiger partial charge in [-0.05, 0) is 0 Å². The third kappa shape index (κ3) is 6.56. The highest BCUT2D eigenvalue weighted by Gasteiger charge is 2.48. The Morgan fingerprint density at radius 2 is 1.33 bits per heavy atom. The zero-order valence-electron chi connectivity index (χ0n) is 17.7. The Balaban J connectivity index is 2.08. The van der Waals surface area contributed by atoms with Crippen LogP contribution in [-0.2, 0) is 33.3 Å². The Hall–Kier alpha value is -1.94. The maximum atomic E-state index is 11.6. The zero-order valence-corrected chi connectivity index (χ0v) is 17.7. The standard InChI is InChI=1S/C20H30O13/c1-3-13(23)32-18-12(30-11(6-22)16(26)17(18)27)8-29-7-9-10(5-21)31-20(28)19(15(9)25)33-14(24)4-2/h3-4,9-12,15-22,25-28H,1-2,5-8H2. The Kier molecular flexibility index (Phi) is 10.3. The average molecular weight is 478 g/mol. The summed E-state index contributed by atoms with van der Waals surface area (Å²) in [7, 11) is 0. The lowest BCUT2D eigenvalue weighted by Gasteiger charge is -2.43. The van der Waals surface area contributed by atoms with Gasteiger partial charge >= 0.3 is 11.9 Å². The van der Waals surface area contributed by atoms with Crippen molar-refractivity contribution in [3.8, 4) is 0 Å². The lowest BCUT2D eigenvalue weighted by atomic mass is 9.89. The van der Waals surface area contributed by atoms with Gasteiger partial charge in [-0.25, -0.2) is 9.59 Å². The van der Waals surface area contributed by atoms with Crippen LogP contribution >= 0.6 is 0 Å². The summed E-state index contributed by atoms with van der Waals surface area (Å²) in [6.45, 7) is 4.62. The molecule has 33 heavy (non-hydrogen) atoms. The van der Waals surface area contributed by atoms with Crippen molar-refractivity contribution in [3.63, 3.8) is 0 Å². The van der Waals surface area contributed by atoms with Crippen molar-refractivity contribution in [1.29, 1.82) is 0 Å². The van der Waals surface area contributed by atoms with Gasteiger partial charge in [-0.2, -0.15) is 0 Å². The minimum absolute atomic E-state index is 0.300. The van der Waals surface area contributed by atoms with Crippen LogP contribution in [0.2, 0.25) is 0 Å². The van der Waals surface area contributed by atoms with Crippen molar-refractivity contribution in [1.82, 2.24) is 0 Å². The second kappa shape index (κ2) is 12.5. The summed E-state index contributed by atoms with van der Waals surface area (Å²) in [5.41, 5.74) is 0. The number of esters is 2. The van der Waals surface area contributed by atoms with E-state index in [0.29, 0.717) is 0 Å². The van der Waals surface area contributed by atoms with Gasteiger partial charge in [0.2, 0.25) is 0 Å². The molecule has 10 atom stereocenters. The minimum Gasteiger partial charge on any atom is -0.453 e. The molecule has 188 valence electrons. The molecule has 0 radical (unpaired) electrons. The van der Waals surface area contributed by atoms with E-state index < -0.39 is 86.2 Å². The predicted octanol–water partition coefficient (Wildman–Crippen LogP) is -3.63. The minimum atomic E-state index is -1.70. The third-order valence-corrected chi connectivity index (χ3v) is 5.42. The lowest BCUT2D eigenvalue weighted by Crippen LogP contribution is -2.61. The Bertz CT molecular complexity index is 685. The predicted molar refractivity (Wildman–Crippen MR) is 106 cm³/mol. The molecular formula is C20H30O13. The van der Waals surface area contributed by atoms with Gasteiger partial charge in [0.1, 0.15) is 30.5 Å². The second-order valence-corrected chi connectivity index (χ2v) is 7.53. The topological polar surface area (TPSA) is 202 Å². The molecule has 13 heteroatoms. The highest BCUT2D eigenvalue weighted by Crippen LogP contribution is 2.29. The van der Waals surface area contributed by atoms with Crippen LogP contribution < -0.4 is 0 Å². The molecule has 0 amide bonds. The third-order valence-electron chi connectivity index (χ3n) is 5.42. The van der Waals surface area contributed by atoms with E-state index in [4.69, 9.17) is 23.7 Å². The number of carbonyl (C=O) groups excluding carboxylic acids is 2. The molecule has 2 aliphatic heterocycles. The molecule has 0 aromatic rings. The first-order valence-electron chi connectivity index (χ1n) is 10.2. The molecule has 0 aromatic carbocycles. The van der Waals surface area contributed by atoms with Gasteiger partial charge in [0.25, 0.3) is 0 Å². The van der Waals surface area contributed by atoms with Crippen molar-refractivity contribution in [2.24, 2.45) is 5.92 Å². The fourth-order valence-corrected chi connectivity index (χ4v) is 3.63. The number of carbonyl (C=O) groups is 2. The zero-order chi connectivity index (χ0) is 24.7. The molecule has 2 saturated heterocycles. The van der Waals surface area contributed by atoms with Crippen LogP contribution in [0.5, 0.6) is 0 Å². The molecule has 0 bridgehead atoms. The molecule has 0 aromatic heterocycles. The van der Waals surface area contributed by atoms with E-state index in [1.807, 2.05) is 0 Å². The van der Waals surface area contributed by atoms with Crippen molar-refractivity contribution < 1.29 is 63.9 Å². The normalized spacial score (nSPS) is 38.8. The largest absolute Gasteiger partial charge is 0.453 e.